The predicted octanol–water partition coefficient (Wildman–Crippen LogP) is 3.83. The summed E-state index contributed by atoms with van der Waals surface area (Å²) in [5.74, 6) is 0.773. The van der Waals surface area contributed by atoms with Gasteiger partial charge in [0.15, 0.2) is 0 Å². The molecule has 0 amide bonds. The van der Waals surface area contributed by atoms with E-state index in [1.165, 1.54) is 38.2 Å². The van der Waals surface area contributed by atoms with Gasteiger partial charge in [0.05, 0.1) is 4.92 Å². The molecule has 1 aliphatic rings. The molecule has 1 aromatic carbocycles. The SMILES string of the molecule is CC(NCC1CCCCC1)c1cccc([N+](=O)[O-])c1. The third-order valence-corrected chi connectivity index (χ3v) is 4.02. The van der Waals surface area contributed by atoms with E-state index >= 15 is 0 Å². The Labute approximate surface area is 114 Å². The van der Waals surface area contributed by atoms with E-state index in [0.717, 1.165) is 18.0 Å². The summed E-state index contributed by atoms with van der Waals surface area (Å²) in [5.41, 5.74) is 1.16. The van der Waals surface area contributed by atoms with Crippen LogP contribution in [0.5, 0.6) is 0 Å². The first-order chi connectivity index (χ1) is 9.16. The van der Waals surface area contributed by atoms with Crippen LogP contribution in [0.1, 0.15) is 50.6 Å². The van der Waals surface area contributed by atoms with E-state index in [1.807, 2.05) is 6.07 Å². The molecule has 0 aromatic heterocycles. The van der Waals surface area contributed by atoms with Crippen LogP contribution in [-0.2, 0) is 0 Å². The first-order valence-electron chi connectivity index (χ1n) is 7.14. The molecule has 1 aromatic rings. The second-order valence-electron chi connectivity index (χ2n) is 5.49. The number of hydrogen-bond donors (Lipinski definition) is 1. The summed E-state index contributed by atoms with van der Waals surface area (Å²) in [6, 6.07) is 7.08. The minimum Gasteiger partial charge on any atom is -0.310 e. The molecule has 1 atom stereocenters. The molecule has 4 heteroatoms. The Morgan fingerprint density at radius 2 is 2.11 bits per heavy atom. The Bertz CT molecular complexity index is 428. The maximum absolute atomic E-state index is 10.8. The van der Waals surface area contributed by atoms with E-state index in [2.05, 4.69) is 12.2 Å². The standard InChI is InChI=1S/C15H22N2O2/c1-12(16-11-13-6-3-2-4-7-13)14-8-5-9-15(10-14)17(18)19/h5,8-10,12-13,16H,2-4,6-7,11H2,1H3. The minimum atomic E-state index is -0.336. The van der Waals surface area contributed by atoms with Gasteiger partial charge in [-0.1, -0.05) is 31.4 Å². The Balaban J connectivity index is 1.89. The number of non-ortho nitro benzene ring substituents is 1. The normalized spacial score (nSPS) is 18.2. The highest BCUT2D eigenvalue weighted by molar-refractivity contribution is 5.35. The number of rotatable bonds is 5. The van der Waals surface area contributed by atoms with Gasteiger partial charge in [-0.25, -0.2) is 0 Å². The fourth-order valence-electron chi connectivity index (χ4n) is 2.76. The fraction of sp³-hybridized carbons (Fsp3) is 0.600. The molecule has 19 heavy (non-hydrogen) atoms. The molecule has 1 aliphatic carbocycles. The number of nitro benzene ring substituents is 1. The van der Waals surface area contributed by atoms with Crippen LogP contribution in [-0.4, -0.2) is 11.5 Å². The van der Waals surface area contributed by atoms with Crippen molar-refractivity contribution >= 4 is 5.69 Å². The van der Waals surface area contributed by atoms with Gasteiger partial charge >= 0.3 is 0 Å². The molecule has 1 fully saturated rings. The summed E-state index contributed by atoms with van der Waals surface area (Å²) in [4.78, 5) is 10.4. The molecule has 0 spiro atoms. The smallest absolute Gasteiger partial charge is 0.269 e. The summed E-state index contributed by atoms with van der Waals surface area (Å²) in [6.45, 7) is 3.09. The average molecular weight is 262 g/mol. The van der Waals surface area contributed by atoms with Crippen LogP contribution in [0.2, 0.25) is 0 Å². The second kappa shape index (κ2) is 6.66. The van der Waals surface area contributed by atoms with Gasteiger partial charge in [-0.05, 0) is 37.8 Å². The highest BCUT2D eigenvalue weighted by Crippen LogP contribution is 2.24. The third kappa shape index (κ3) is 4.03. The van der Waals surface area contributed by atoms with Crippen molar-refractivity contribution in [1.29, 1.82) is 0 Å². The van der Waals surface area contributed by atoms with E-state index in [1.54, 1.807) is 12.1 Å². The largest absolute Gasteiger partial charge is 0.310 e. The van der Waals surface area contributed by atoms with Gasteiger partial charge in [-0.15, -0.1) is 0 Å². The Hall–Kier alpha value is -1.42. The highest BCUT2D eigenvalue weighted by atomic mass is 16.6. The molecule has 1 unspecified atom stereocenters. The Kier molecular flexibility index (Phi) is 4.91. The molecule has 104 valence electrons. The van der Waals surface area contributed by atoms with Crippen molar-refractivity contribution in [2.75, 3.05) is 6.54 Å². The minimum absolute atomic E-state index is 0.168. The number of nitrogens with one attached hydrogen (secondary N) is 1. The number of benzene rings is 1. The molecule has 0 bridgehead atoms. The van der Waals surface area contributed by atoms with Gasteiger partial charge in [0.25, 0.3) is 5.69 Å². The van der Waals surface area contributed by atoms with E-state index in [0.29, 0.717) is 0 Å². The van der Waals surface area contributed by atoms with Crippen LogP contribution in [0.4, 0.5) is 5.69 Å². The zero-order chi connectivity index (χ0) is 13.7. The van der Waals surface area contributed by atoms with Crippen LogP contribution in [0, 0.1) is 16.0 Å². The Morgan fingerprint density at radius 3 is 2.79 bits per heavy atom. The van der Waals surface area contributed by atoms with Crippen molar-refractivity contribution < 1.29 is 4.92 Å². The first-order valence-corrected chi connectivity index (χ1v) is 7.14. The first kappa shape index (κ1) is 14.0. The lowest BCUT2D eigenvalue weighted by Gasteiger charge is -2.24. The van der Waals surface area contributed by atoms with Gasteiger partial charge in [0.1, 0.15) is 0 Å². The van der Waals surface area contributed by atoms with Crippen molar-refractivity contribution in [2.24, 2.45) is 5.92 Å². The van der Waals surface area contributed by atoms with Crippen molar-refractivity contribution in [3.05, 3.63) is 39.9 Å². The van der Waals surface area contributed by atoms with E-state index in [-0.39, 0.29) is 16.7 Å². The summed E-state index contributed by atoms with van der Waals surface area (Å²) < 4.78 is 0. The van der Waals surface area contributed by atoms with Crippen molar-refractivity contribution in [3.8, 4) is 0 Å². The van der Waals surface area contributed by atoms with Crippen LogP contribution >= 0.6 is 0 Å². The maximum atomic E-state index is 10.8. The van der Waals surface area contributed by atoms with Gasteiger partial charge in [0.2, 0.25) is 0 Å². The molecule has 4 nitrogen and oxygen atoms in total. The van der Waals surface area contributed by atoms with Gasteiger partial charge in [0, 0.05) is 18.2 Å². The highest BCUT2D eigenvalue weighted by Gasteiger charge is 2.15. The molecule has 2 rings (SSSR count). The lowest BCUT2D eigenvalue weighted by Crippen LogP contribution is -2.27. The zero-order valence-electron chi connectivity index (χ0n) is 11.5. The molecule has 0 heterocycles. The summed E-state index contributed by atoms with van der Waals surface area (Å²) in [5, 5.41) is 14.3. The number of nitro groups is 1. The van der Waals surface area contributed by atoms with Crippen LogP contribution in [0.15, 0.2) is 24.3 Å². The van der Waals surface area contributed by atoms with E-state index in [4.69, 9.17) is 0 Å². The summed E-state index contributed by atoms with van der Waals surface area (Å²) >= 11 is 0. The molecule has 1 saturated carbocycles. The monoisotopic (exact) mass is 262 g/mol. The zero-order valence-corrected chi connectivity index (χ0v) is 11.5. The molecule has 1 N–H and O–H groups in total. The predicted molar refractivity (Wildman–Crippen MR) is 76.1 cm³/mol. The third-order valence-electron chi connectivity index (χ3n) is 4.02. The molecular formula is C15H22N2O2. The fourth-order valence-corrected chi connectivity index (χ4v) is 2.76. The van der Waals surface area contributed by atoms with E-state index < -0.39 is 0 Å². The molecule has 0 radical (unpaired) electrons. The maximum Gasteiger partial charge on any atom is 0.269 e. The van der Waals surface area contributed by atoms with Crippen molar-refractivity contribution in [2.45, 2.75) is 45.1 Å². The van der Waals surface area contributed by atoms with Crippen LogP contribution in [0.3, 0.4) is 0 Å². The quantitative estimate of drug-likeness (QED) is 0.648. The lowest BCUT2D eigenvalue weighted by atomic mass is 9.89. The number of nitrogens with zero attached hydrogens (tertiary/aromatic N) is 1. The van der Waals surface area contributed by atoms with Gasteiger partial charge in [-0.3, -0.25) is 10.1 Å². The Morgan fingerprint density at radius 1 is 1.37 bits per heavy atom. The average Bonchev–Trinajstić information content (AvgIpc) is 2.46. The second-order valence-corrected chi connectivity index (χ2v) is 5.49. The topological polar surface area (TPSA) is 55.2 Å². The van der Waals surface area contributed by atoms with E-state index in [9.17, 15) is 10.1 Å². The van der Waals surface area contributed by atoms with Crippen molar-refractivity contribution in [1.82, 2.24) is 5.32 Å². The van der Waals surface area contributed by atoms with Gasteiger partial charge < -0.3 is 5.32 Å². The van der Waals surface area contributed by atoms with Gasteiger partial charge in [-0.2, -0.15) is 0 Å². The summed E-state index contributed by atoms with van der Waals surface area (Å²) in [6.07, 6.45) is 6.69. The van der Waals surface area contributed by atoms with Crippen molar-refractivity contribution in [3.63, 3.8) is 0 Å². The molecule has 0 saturated heterocycles. The lowest BCUT2D eigenvalue weighted by molar-refractivity contribution is -0.384. The number of hydrogen-bond acceptors (Lipinski definition) is 3. The van der Waals surface area contributed by atoms with Crippen LogP contribution in [0.25, 0.3) is 0 Å². The van der Waals surface area contributed by atoms with Crippen LogP contribution < -0.4 is 5.32 Å². The molecule has 0 aliphatic heterocycles. The summed E-state index contributed by atoms with van der Waals surface area (Å²) in [7, 11) is 0. The molecular weight excluding hydrogens is 240 g/mol.